The summed E-state index contributed by atoms with van der Waals surface area (Å²) in [6.07, 6.45) is 9.08. The van der Waals surface area contributed by atoms with Crippen LogP contribution in [-0.4, -0.2) is 49.1 Å². The van der Waals surface area contributed by atoms with Crippen molar-refractivity contribution >= 4 is 0 Å². The van der Waals surface area contributed by atoms with Crippen molar-refractivity contribution in [2.75, 3.05) is 39.3 Å². The second-order valence-corrected chi connectivity index (χ2v) is 7.75. The van der Waals surface area contributed by atoms with Gasteiger partial charge in [0.15, 0.2) is 0 Å². The van der Waals surface area contributed by atoms with Gasteiger partial charge in [-0.1, -0.05) is 6.42 Å². The zero-order chi connectivity index (χ0) is 15.1. The number of hydrogen-bond donors (Lipinski definition) is 0. The van der Waals surface area contributed by atoms with Gasteiger partial charge < -0.3 is 9.80 Å². The van der Waals surface area contributed by atoms with Crippen LogP contribution in [0.25, 0.3) is 0 Å². The molecule has 0 spiro atoms. The minimum Gasteiger partial charge on any atom is -0.303 e. The van der Waals surface area contributed by atoms with Crippen molar-refractivity contribution in [1.82, 2.24) is 9.80 Å². The lowest BCUT2D eigenvalue weighted by atomic mass is 9.89. The van der Waals surface area contributed by atoms with Crippen molar-refractivity contribution in [3.05, 3.63) is 0 Å². The Morgan fingerprint density at radius 3 is 2.29 bits per heavy atom. The van der Waals surface area contributed by atoms with E-state index in [-0.39, 0.29) is 5.41 Å². The fourth-order valence-corrected chi connectivity index (χ4v) is 3.68. The third-order valence-corrected chi connectivity index (χ3v) is 5.25. The molecule has 2 saturated heterocycles. The lowest BCUT2D eigenvalue weighted by Gasteiger charge is -2.34. The number of nitrogens with zero attached hydrogens (tertiary/aromatic N) is 3. The summed E-state index contributed by atoms with van der Waals surface area (Å²) >= 11 is 0. The normalized spacial score (nSPS) is 22.5. The first-order valence-corrected chi connectivity index (χ1v) is 8.95. The van der Waals surface area contributed by atoms with E-state index in [4.69, 9.17) is 5.26 Å². The van der Waals surface area contributed by atoms with Gasteiger partial charge in [-0.2, -0.15) is 5.26 Å². The molecule has 0 atom stereocenters. The summed E-state index contributed by atoms with van der Waals surface area (Å²) in [5.41, 5.74) is -0.136. The highest BCUT2D eigenvalue weighted by Crippen LogP contribution is 2.23. The van der Waals surface area contributed by atoms with Gasteiger partial charge in [0.05, 0.1) is 11.5 Å². The van der Waals surface area contributed by atoms with Crippen LogP contribution in [0.3, 0.4) is 0 Å². The van der Waals surface area contributed by atoms with Crippen LogP contribution in [0.1, 0.15) is 58.8 Å². The molecule has 2 heterocycles. The molecule has 0 bridgehead atoms. The minimum atomic E-state index is -0.136. The summed E-state index contributed by atoms with van der Waals surface area (Å²) in [7, 11) is 0. The molecule has 2 aliphatic rings. The number of piperidine rings is 1. The summed E-state index contributed by atoms with van der Waals surface area (Å²) in [6.45, 7) is 12.0. The van der Waals surface area contributed by atoms with Gasteiger partial charge >= 0.3 is 0 Å². The Morgan fingerprint density at radius 1 is 1.00 bits per heavy atom. The average molecular weight is 291 g/mol. The Balaban J connectivity index is 1.54. The fraction of sp³-hybridized carbons (Fsp3) is 0.944. The summed E-state index contributed by atoms with van der Waals surface area (Å²) in [5.74, 6) is 0.942. The van der Waals surface area contributed by atoms with Crippen molar-refractivity contribution in [3.8, 4) is 6.07 Å². The molecule has 0 aromatic carbocycles. The Kier molecular flexibility index (Phi) is 6.51. The summed E-state index contributed by atoms with van der Waals surface area (Å²) < 4.78 is 0. The monoisotopic (exact) mass is 291 g/mol. The first kappa shape index (κ1) is 16.8. The van der Waals surface area contributed by atoms with Gasteiger partial charge in [0.2, 0.25) is 0 Å². The zero-order valence-electron chi connectivity index (χ0n) is 14.1. The van der Waals surface area contributed by atoms with Crippen LogP contribution in [0, 0.1) is 22.7 Å². The second-order valence-electron chi connectivity index (χ2n) is 7.75. The molecule has 0 aliphatic carbocycles. The first-order valence-electron chi connectivity index (χ1n) is 8.95. The summed E-state index contributed by atoms with van der Waals surface area (Å²) in [6, 6.07) is 2.40. The van der Waals surface area contributed by atoms with Gasteiger partial charge in [-0.15, -0.1) is 0 Å². The van der Waals surface area contributed by atoms with Crippen molar-refractivity contribution in [2.45, 2.75) is 58.8 Å². The topological polar surface area (TPSA) is 30.3 Å². The van der Waals surface area contributed by atoms with Gasteiger partial charge in [0, 0.05) is 6.54 Å². The van der Waals surface area contributed by atoms with Gasteiger partial charge in [0.1, 0.15) is 0 Å². The molecular weight excluding hydrogens is 258 g/mol. The van der Waals surface area contributed by atoms with Crippen molar-refractivity contribution < 1.29 is 0 Å². The predicted molar refractivity (Wildman–Crippen MR) is 88.1 cm³/mol. The van der Waals surface area contributed by atoms with E-state index in [0.717, 1.165) is 12.3 Å². The molecule has 0 N–H and O–H groups in total. The van der Waals surface area contributed by atoms with Crippen molar-refractivity contribution in [3.63, 3.8) is 0 Å². The predicted octanol–water partition coefficient (Wildman–Crippen LogP) is 3.51. The highest BCUT2D eigenvalue weighted by Gasteiger charge is 2.22. The molecule has 2 rings (SSSR count). The number of nitriles is 1. The van der Waals surface area contributed by atoms with Gasteiger partial charge in [0.25, 0.3) is 0 Å². The molecule has 0 saturated carbocycles. The van der Waals surface area contributed by atoms with E-state index in [2.05, 4.69) is 29.7 Å². The van der Waals surface area contributed by atoms with Crippen molar-refractivity contribution in [2.24, 2.45) is 11.3 Å². The van der Waals surface area contributed by atoms with Crippen LogP contribution in [0.2, 0.25) is 0 Å². The Bertz CT molecular complexity index is 331. The molecule has 3 heteroatoms. The molecule has 120 valence electrons. The molecule has 0 aromatic rings. The number of likely N-dealkylation sites (tertiary alicyclic amines) is 2. The molecule has 21 heavy (non-hydrogen) atoms. The van der Waals surface area contributed by atoms with Crippen LogP contribution >= 0.6 is 0 Å². The Hall–Kier alpha value is -0.590. The van der Waals surface area contributed by atoms with Gasteiger partial charge in [-0.3, -0.25) is 0 Å². The minimum absolute atomic E-state index is 0.136. The second kappa shape index (κ2) is 8.15. The van der Waals surface area contributed by atoms with E-state index < -0.39 is 0 Å². The molecule has 2 fully saturated rings. The summed E-state index contributed by atoms with van der Waals surface area (Å²) in [4.78, 5) is 5.31. The van der Waals surface area contributed by atoms with Crippen LogP contribution in [0.5, 0.6) is 0 Å². The van der Waals surface area contributed by atoms with Crippen LogP contribution in [0.15, 0.2) is 0 Å². The Labute approximate surface area is 131 Å². The molecule has 0 radical (unpaired) electrons. The van der Waals surface area contributed by atoms with Crippen LogP contribution in [0.4, 0.5) is 0 Å². The average Bonchev–Trinajstić information content (AvgIpc) is 2.98. The maximum atomic E-state index is 9.02. The van der Waals surface area contributed by atoms with E-state index in [0.29, 0.717) is 0 Å². The SMILES string of the molecule is CC(C)(C#N)CCCCN1CCC(CN2CCCC2)CC1. The Morgan fingerprint density at radius 2 is 1.67 bits per heavy atom. The summed E-state index contributed by atoms with van der Waals surface area (Å²) in [5, 5.41) is 9.02. The lowest BCUT2D eigenvalue weighted by Crippen LogP contribution is -2.38. The maximum Gasteiger partial charge on any atom is 0.0683 e. The van der Waals surface area contributed by atoms with E-state index in [9.17, 15) is 0 Å². The highest BCUT2D eigenvalue weighted by molar-refractivity contribution is 4.91. The molecule has 0 aromatic heterocycles. The molecular formula is C18H33N3. The third kappa shape index (κ3) is 5.96. The molecule has 3 nitrogen and oxygen atoms in total. The third-order valence-electron chi connectivity index (χ3n) is 5.25. The van der Waals surface area contributed by atoms with E-state index in [1.54, 1.807) is 0 Å². The molecule has 2 aliphatic heterocycles. The number of hydrogen-bond acceptors (Lipinski definition) is 3. The smallest absolute Gasteiger partial charge is 0.0683 e. The molecule has 0 amide bonds. The van der Waals surface area contributed by atoms with Gasteiger partial charge in [-0.25, -0.2) is 0 Å². The lowest BCUT2D eigenvalue weighted by molar-refractivity contribution is 0.151. The largest absolute Gasteiger partial charge is 0.303 e. The van der Waals surface area contributed by atoms with Gasteiger partial charge in [-0.05, 0) is 91.0 Å². The molecule has 0 unspecified atom stereocenters. The van der Waals surface area contributed by atoms with E-state index >= 15 is 0 Å². The van der Waals surface area contributed by atoms with Crippen LogP contribution in [-0.2, 0) is 0 Å². The highest BCUT2D eigenvalue weighted by atomic mass is 15.2. The first-order chi connectivity index (χ1) is 10.1. The standard InChI is InChI=1S/C18H33N3/c1-18(2,16-19)9-3-4-10-20-13-7-17(8-14-20)15-21-11-5-6-12-21/h17H,3-15H2,1-2H3. The number of unbranched alkanes of at least 4 members (excludes halogenated alkanes) is 1. The number of rotatable bonds is 7. The van der Waals surface area contributed by atoms with Crippen molar-refractivity contribution in [1.29, 1.82) is 5.26 Å². The fourth-order valence-electron chi connectivity index (χ4n) is 3.68. The van der Waals surface area contributed by atoms with Crippen LogP contribution < -0.4 is 0 Å². The van der Waals surface area contributed by atoms with E-state index in [1.165, 1.54) is 77.8 Å². The maximum absolute atomic E-state index is 9.02. The van der Waals surface area contributed by atoms with E-state index in [1.807, 2.05) is 0 Å². The quantitative estimate of drug-likeness (QED) is 0.672. The zero-order valence-corrected chi connectivity index (χ0v) is 14.1.